The maximum absolute atomic E-state index is 13.0. The van der Waals surface area contributed by atoms with Crippen LogP contribution in [0.4, 0.5) is 11.4 Å². The minimum Gasteiger partial charge on any atom is -0.321 e. The minimum atomic E-state index is -3.78. The summed E-state index contributed by atoms with van der Waals surface area (Å²) in [5.41, 5.74) is 2.64. The lowest BCUT2D eigenvalue weighted by molar-refractivity contribution is 0.103. The Bertz CT molecular complexity index is 1120. The summed E-state index contributed by atoms with van der Waals surface area (Å²) < 4.78 is 28.7. The average Bonchev–Trinajstić information content (AvgIpc) is 2.93. The van der Waals surface area contributed by atoms with Gasteiger partial charge in [-0.3, -0.25) is 9.52 Å². The van der Waals surface area contributed by atoms with Gasteiger partial charge in [0.15, 0.2) is 0 Å². The summed E-state index contributed by atoms with van der Waals surface area (Å²) in [4.78, 5) is 12.2. The second-order valence-electron chi connectivity index (χ2n) is 5.91. The Morgan fingerprint density at radius 1 is 1.00 bits per heavy atom. The number of amides is 1. The number of sulfonamides is 1. The normalized spacial score (nSPS) is 13.1. The predicted octanol–water partition coefficient (Wildman–Crippen LogP) is 3.77. The van der Waals surface area contributed by atoms with E-state index in [4.69, 9.17) is 0 Å². The molecule has 0 bridgehead atoms. The maximum atomic E-state index is 13.0. The molecule has 0 spiro atoms. The SMILES string of the molecule is CCc1ccccc1NS(=O)(=O)c1ccc2c3c(cccc13)C(=O)N2. The predicted molar refractivity (Wildman–Crippen MR) is 98.5 cm³/mol. The minimum absolute atomic E-state index is 0.163. The molecule has 2 N–H and O–H groups in total. The van der Waals surface area contributed by atoms with Gasteiger partial charge in [-0.05, 0) is 36.2 Å². The number of nitrogens with one attached hydrogen (secondary N) is 2. The van der Waals surface area contributed by atoms with Crippen LogP contribution in [-0.4, -0.2) is 14.3 Å². The molecule has 3 aromatic rings. The van der Waals surface area contributed by atoms with Crippen molar-refractivity contribution >= 4 is 38.1 Å². The molecule has 1 heterocycles. The fourth-order valence-corrected chi connectivity index (χ4v) is 4.53. The van der Waals surface area contributed by atoms with Crippen LogP contribution in [0.1, 0.15) is 22.8 Å². The number of hydrogen-bond acceptors (Lipinski definition) is 3. The van der Waals surface area contributed by atoms with E-state index in [1.165, 1.54) is 6.07 Å². The highest BCUT2D eigenvalue weighted by Crippen LogP contribution is 2.37. The zero-order valence-corrected chi connectivity index (χ0v) is 14.4. The fourth-order valence-electron chi connectivity index (χ4n) is 3.23. The first-order chi connectivity index (χ1) is 12.0. The van der Waals surface area contributed by atoms with Crippen molar-refractivity contribution in [3.05, 3.63) is 65.7 Å². The van der Waals surface area contributed by atoms with Crippen molar-refractivity contribution in [1.29, 1.82) is 0 Å². The third-order valence-electron chi connectivity index (χ3n) is 4.43. The third-order valence-corrected chi connectivity index (χ3v) is 5.85. The van der Waals surface area contributed by atoms with Gasteiger partial charge >= 0.3 is 0 Å². The highest BCUT2D eigenvalue weighted by Gasteiger charge is 2.26. The Kier molecular flexibility index (Phi) is 3.51. The highest BCUT2D eigenvalue weighted by molar-refractivity contribution is 7.93. The van der Waals surface area contributed by atoms with Gasteiger partial charge in [-0.1, -0.05) is 37.3 Å². The number of carbonyl (C=O) groups excluding carboxylic acids is 1. The van der Waals surface area contributed by atoms with E-state index in [-0.39, 0.29) is 10.8 Å². The van der Waals surface area contributed by atoms with Gasteiger partial charge in [-0.25, -0.2) is 8.42 Å². The van der Waals surface area contributed by atoms with Gasteiger partial charge in [0.05, 0.1) is 10.6 Å². The van der Waals surface area contributed by atoms with Crippen LogP contribution in [0.5, 0.6) is 0 Å². The molecule has 0 radical (unpaired) electrons. The van der Waals surface area contributed by atoms with Crippen molar-refractivity contribution in [3.8, 4) is 0 Å². The standard InChI is InChI=1S/C19H16N2O3S/c1-2-12-6-3-4-9-15(12)21-25(23,24)17-11-10-16-18-13(17)7-5-8-14(18)19(22)20-16/h3-11,21H,2H2,1H3,(H,20,22). The zero-order chi connectivity index (χ0) is 17.6. The molecule has 0 unspecified atom stereocenters. The first-order valence-electron chi connectivity index (χ1n) is 7.99. The Hall–Kier alpha value is -2.86. The number of benzene rings is 3. The van der Waals surface area contributed by atoms with Crippen LogP contribution in [0.3, 0.4) is 0 Å². The van der Waals surface area contributed by atoms with Gasteiger partial charge < -0.3 is 5.32 Å². The summed E-state index contributed by atoms with van der Waals surface area (Å²) in [6.07, 6.45) is 0.723. The Morgan fingerprint density at radius 2 is 1.80 bits per heavy atom. The Labute approximate surface area is 145 Å². The molecular weight excluding hydrogens is 336 g/mol. The molecule has 0 atom stereocenters. The van der Waals surface area contributed by atoms with Crippen molar-refractivity contribution in [3.63, 3.8) is 0 Å². The largest absolute Gasteiger partial charge is 0.321 e. The van der Waals surface area contributed by atoms with Gasteiger partial charge in [0.1, 0.15) is 0 Å². The number of aryl methyl sites for hydroxylation is 1. The smallest absolute Gasteiger partial charge is 0.262 e. The molecule has 0 saturated carbocycles. The summed E-state index contributed by atoms with van der Waals surface area (Å²) >= 11 is 0. The average molecular weight is 352 g/mol. The van der Waals surface area contributed by atoms with Crippen molar-refractivity contribution in [2.45, 2.75) is 18.2 Å². The van der Waals surface area contributed by atoms with Gasteiger partial charge in [0, 0.05) is 22.0 Å². The molecular formula is C19H16N2O3S. The summed E-state index contributed by atoms with van der Waals surface area (Å²) in [7, 11) is -3.78. The first kappa shape index (κ1) is 15.7. The molecule has 0 aromatic heterocycles. The van der Waals surface area contributed by atoms with E-state index in [1.807, 2.05) is 19.1 Å². The molecule has 6 heteroatoms. The van der Waals surface area contributed by atoms with Gasteiger partial charge in [0.25, 0.3) is 15.9 Å². The van der Waals surface area contributed by atoms with Gasteiger partial charge in [-0.15, -0.1) is 0 Å². The molecule has 1 amide bonds. The molecule has 5 nitrogen and oxygen atoms in total. The van der Waals surface area contributed by atoms with E-state index in [0.717, 1.165) is 12.0 Å². The maximum Gasteiger partial charge on any atom is 0.262 e. The lowest BCUT2D eigenvalue weighted by Gasteiger charge is -2.13. The monoisotopic (exact) mass is 352 g/mol. The summed E-state index contributed by atoms with van der Waals surface area (Å²) in [6.45, 7) is 1.98. The topological polar surface area (TPSA) is 75.3 Å². The molecule has 1 aliphatic heterocycles. The van der Waals surface area contributed by atoms with Crippen LogP contribution in [0, 0.1) is 0 Å². The summed E-state index contributed by atoms with van der Waals surface area (Å²) in [6, 6.07) is 15.6. The number of carbonyl (C=O) groups is 1. The van der Waals surface area contributed by atoms with E-state index in [9.17, 15) is 13.2 Å². The Morgan fingerprint density at radius 3 is 2.60 bits per heavy atom. The van der Waals surface area contributed by atoms with E-state index in [1.54, 1.807) is 36.4 Å². The van der Waals surface area contributed by atoms with Crippen molar-refractivity contribution < 1.29 is 13.2 Å². The lowest BCUT2D eigenvalue weighted by atomic mass is 10.1. The second kappa shape index (κ2) is 5.60. The lowest BCUT2D eigenvalue weighted by Crippen LogP contribution is -2.14. The van der Waals surface area contributed by atoms with Crippen LogP contribution in [0.2, 0.25) is 0 Å². The number of rotatable bonds is 4. The zero-order valence-electron chi connectivity index (χ0n) is 13.5. The van der Waals surface area contributed by atoms with Gasteiger partial charge in [-0.2, -0.15) is 0 Å². The molecule has 4 rings (SSSR count). The van der Waals surface area contributed by atoms with Crippen molar-refractivity contribution in [2.75, 3.05) is 10.0 Å². The van der Waals surface area contributed by atoms with Crippen LogP contribution < -0.4 is 10.0 Å². The van der Waals surface area contributed by atoms with E-state index >= 15 is 0 Å². The first-order valence-corrected chi connectivity index (χ1v) is 9.47. The number of hydrogen-bond donors (Lipinski definition) is 2. The van der Waals surface area contributed by atoms with Crippen LogP contribution in [0.25, 0.3) is 10.8 Å². The van der Waals surface area contributed by atoms with Crippen LogP contribution in [0.15, 0.2) is 59.5 Å². The van der Waals surface area contributed by atoms with E-state index < -0.39 is 10.0 Å². The molecule has 1 aliphatic rings. The second-order valence-corrected chi connectivity index (χ2v) is 7.56. The highest BCUT2D eigenvalue weighted by atomic mass is 32.2. The molecule has 0 saturated heterocycles. The quantitative estimate of drug-likeness (QED) is 0.750. The van der Waals surface area contributed by atoms with Crippen LogP contribution in [-0.2, 0) is 16.4 Å². The Balaban J connectivity index is 1.87. The molecule has 25 heavy (non-hydrogen) atoms. The third kappa shape index (κ3) is 2.46. The molecule has 3 aromatic carbocycles. The summed E-state index contributed by atoms with van der Waals surface area (Å²) in [5.74, 6) is -0.209. The van der Waals surface area contributed by atoms with Crippen molar-refractivity contribution in [2.24, 2.45) is 0 Å². The van der Waals surface area contributed by atoms with Gasteiger partial charge in [0.2, 0.25) is 0 Å². The molecule has 0 fully saturated rings. The van der Waals surface area contributed by atoms with Crippen molar-refractivity contribution in [1.82, 2.24) is 0 Å². The fraction of sp³-hybridized carbons (Fsp3) is 0.105. The van der Waals surface area contributed by atoms with Crippen LogP contribution >= 0.6 is 0 Å². The summed E-state index contributed by atoms with van der Waals surface area (Å²) in [5, 5.41) is 3.95. The molecule has 0 aliphatic carbocycles. The van der Waals surface area contributed by atoms with E-state index in [2.05, 4.69) is 10.0 Å². The molecule has 126 valence electrons. The number of para-hydroxylation sites is 1. The number of anilines is 2. The van der Waals surface area contributed by atoms with E-state index in [0.29, 0.717) is 27.7 Å².